The molecule has 1 aliphatic heterocycles. The van der Waals surface area contributed by atoms with Gasteiger partial charge >= 0.3 is 0 Å². The third kappa shape index (κ3) is 3.57. The molecule has 1 saturated heterocycles. The Morgan fingerprint density at radius 3 is 2.80 bits per heavy atom. The van der Waals surface area contributed by atoms with Gasteiger partial charge in [0.1, 0.15) is 5.75 Å². The molecule has 112 valence electrons. The van der Waals surface area contributed by atoms with Gasteiger partial charge in [0.2, 0.25) is 0 Å². The van der Waals surface area contributed by atoms with Crippen molar-refractivity contribution in [2.75, 3.05) is 20.2 Å². The topological polar surface area (TPSA) is 55.6 Å². The lowest BCUT2D eigenvalue weighted by molar-refractivity contribution is 0.0782. The standard InChI is InChI=1S/C14H19ClN2O2.ClH/c1-9(16)10-5-6-17(8-10)14(18)12-7-11(15)3-4-13(12)19-2;/h3-4,7,9-10H,5-6,8,16H2,1-2H3;1H. The molecule has 0 radical (unpaired) electrons. The molecule has 0 spiro atoms. The molecule has 0 aliphatic carbocycles. The van der Waals surface area contributed by atoms with Gasteiger partial charge in [0.25, 0.3) is 5.91 Å². The Kier molecular flexibility index (Phi) is 6.11. The van der Waals surface area contributed by atoms with E-state index in [1.807, 2.05) is 11.8 Å². The number of carbonyl (C=O) groups is 1. The Morgan fingerprint density at radius 2 is 2.25 bits per heavy atom. The number of rotatable bonds is 3. The molecule has 0 bridgehead atoms. The first-order chi connectivity index (χ1) is 9.02. The van der Waals surface area contributed by atoms with Gasteiger partial charge in [0, 0.05) is 24.2 Å². The highest BCUT2D eigenvalue weighted by atomic mass is 35.5. The Balaban J connectivity index is 0.00000200. The largest absolute Gasteiger partial charge is 0.496 e. The van der Waals surface area contributed by atoms with E-state index in [9.17, 15) is 4.79 Å². The molecule has 2 rings (SSSR count). The Morgan fingerprint density at radius 1 is 1.55 bits per heavy atom. The average Bonchev–Trinajstić information content (AvgIpc) is 2.87. The van der Waals surface area contributed by atoms with Crippen molar-refractivity contribution < 1.29 is 9.53 Å². The molecule has 20 heavy (non-hydrogen) atoms. The number of likely N-dealkylation sites (tertiary alicyclic amines) is 1. The fourth-order valence-corrected chi connectivity index (χ4v) is 2.59. The van der Waals surface area contributed by atoms with Crippen LogP contribution in [0.25, 0.3) is 0 Å². The molecule has 4 nitrogen and oxygen atoms in total. The van der Waals surface area contributed by atoms with E-state index in [1.165, 1.54) is 0 Å². The van der Waals surface area contributed by atoms with Gasteiger partial charge in [0.05, 0.1) is 12.7 Å². The van der Waals surface area contributed by atoms with Crippen molar-refractivity contribution in [3.8, 4) is 5.75 Å². The number of hydrogen-bond donors (Lipinski definition) is 1. The summed E-state index contributed by atoms with van der Waals surface area (Å²) in [6.45, 7) is 3.42. The molecule has 1 heterocycles. The first-order valence-electron chi connectivity index (χ1n) is 6.41. The van der Waals surface area contributed by atoms with E-state index in [0.717, 1.165) is 13.0 Å². The van der Waals surface area contributed by atoms with E-state index < -0.39 is 0 Å². The van der Waals surface area contributed by atoms with Crippen LogP contribution in [0, 0.1) is 5.92 Å². The van der Waals surface area contributed by atoms with Gasteiger partial charge in [-0.15, -0.1) is 12.4 Å². The normalized spacial score (nSPS) is 19.4. The highest BCUT2D eigenvalue weighted by Gasteiger charge is 2.30. The zero-order valence-corrected chi connectivity index (χ0v) is 13.2. The second-order valence-corrected chi connectivity index (χ2v) is 5.44. The maximum absolute atomic E-state index is 12.5. The summed E-state index contributed by atoms with van der Waals surface area (Å²) in [4.78, 5) is 14.3. The summed E-state index contributed by atoms with van der Waals surface area (Å²) in [7, 11) is 1.55. The van der Waals surface area contributed by atoms with Crippen molar-refractivity contribution in [2.24, 2.45) is 11.7 Å². The first kappa shape index (κ1) is 17.1. The molecule has 2 N–H and O–H groups in total. The lowest BCUT2D eigenvalue weighted by Crippen LogP contribution is -2.33. The summed E-state index contributed by atoms with van der Waals surface area (Å²) in [5.41, 5.74) is 6.41. The molecule has 0 aromatic heterocycles. The highest BCUT2D eigenvalue weighted by molar-refractivity contribution is 6.31. The van der Waals surface area contributed by atoms with Crippen LogP contribution >= 0.6 is 24.0 Å². The summed E-state index contributed by atoms with van der Waals surface area (Å²) in [6.07, 6.45) is 0.951. The molecule has 1 aliphatic rings. The predicted molar refractivity (Wildman–Crippen MR) is 82.9 cm³/mol. The number of hydrogen-bond acceptors (Lipinski definition) is 3. The van der Waals surface area contributed by atoms with Crippen molar-refractivity contribution >= 4 is 29.9 Å². The lowest BCUT2D eigenvalue weighted by Gasteiger charge is -2.19. The first-order valence-corrected chi connectivity index (χ1v) is 6.79. The molecule has 1 aromatic carbocycles. The number of benzene rings is 1. The van der Waals surface area contributed by atoms with Gasteiger partial charge in [-0.3, -0.25) is 4.79 Å². The second-order valence-electron chi connectivity index (χ2n) is 5.00. The van der Waals surface area contributed by atoms with E-state index in [1.54, 1.807) is 25.3 Å². The van der Waals surface area contributed by atoms with Crippen LogP contribution in [0.1, 0.15) is 23.7 Å². The van der Waals surface area contributed by atoms with Gasteiger partial charge in [-0.25, -0.2) is 0 Å². The molecule has 1 fully saturated rings. The summed E-state index contributed by atoms with van der Waals surface area (Å²) < 4.78 is 5.22. The van der Waals surface area contributed by atoms with Gasteiger partial charge in [-0.1, -0.05) is 11.6 Å². The Hall–Kier alpha value is -0.970. The van der Waals surface area contributed by atoms with Crippen LogP contribution in [0.15, 0.2) is 18.2 Å². The Bertz CT molecular complexity index is 480. The number of nitrogens with two attached hydrogens (primary N) is 1. The third-order valence-corrected chi connectivity index (χ3v) is 3.88. The van der Waals surface area contributed by atoms with E-state index in [-0.39, 0.29) is 24.4 Å². The molecular weight excluding hydrogens is 299 g/mol. The van der Waals surface area contributed by atoms with Crippen molar-refractivity contribution in [3.05, 3.63) is 28.8 Å². The van der Waals surface area contributed by atoms with Crippen molar-refractivity contribution in [1.82, 2.24) is 4.90 Å². The van der Waals surface area contributed by atoms with Crippen LogP contribution in [0.4, 0.5) is 0 Å². The van der Waals surface area contributed by atoms with Crippen molar-refractivity contribution in [3.63, 3.8) is 0 Å². The van der Waals surface area contributed by atoms with Gasteiger partial charge in [0.15, 0.2) is 0 Å². The Labute approximate surface area is 130 Å². The SMILES string of the molecule is COc1ccc(Cl)cc1C(=O)N1CCC(C(C)N)C1.Cl. The number of ether oxygens (including phenoxy) is 1. The number of methoxy groups -OCH3 is 1. The molecule has 0 saturated carbocycles. The van der Waals surface area contributed by atoms with E-state index in [0.29, 0.717) is 28.8 Å². The van der Waals surface area contributed by atoms with Gasteiger partial charge < -0.3 is 15.4 Å². The van der Waals surface area contributed by atoms with Gasteiger partial charge in [-0.05, 0) is 37.5 Å². The fourth-order valence-electron chi connectivity index (χ4n) is 2.42. The van der Waals surface area contributed by atoms with Crippen LogP contribution in [-0.2, 0) is 0 Å². The summed E-state index contributed by atoms with van der Waals surface area (Å²) in [5.74, 6) is 0.885. The van der Waals surface area contributed by atoms with Crippen LogP contribution < -0.4 is 10.5 Å². The number of halogens is 2. The lowest BCUT2D eigenvalue weighted by atomic mass is 10.0. The number of carbonyl (C=O) groups excluding carboxylic acids is 1. The van der Waals surface area contributed by atoms with Crippen LogP contribution in [-0.4, -0.2) is 37.0 Å². The minimum atomic E-state index is -0.0394. The fraction of sp³-hybridized carbons (Fsp3) is 0.500. The van der Waals surface area contributed by atoms with Crippen molar-refractivity contribution in [2.45, 2.75) is 19.4 Å². The second kappa shape index (κ2) is 7.16. The minimum Gasteiger partial charge on any atom is -0.496 e. The van der Waals surface area contributed by atoms with E-state index >= 15 is 0 Å². The molecule has 2 atom stereocenters. The smallest absolute Gasteiger partial charge is 0.257 e. The molecule has 1 aromatic rings. The molecule has 1 amide bonds. The summed E-state index contributed by atoms with van der Waals surface area (Å²) in [5, 5.41) is 0.534. The molecule has 2 unspecified atom stereocenters. The van der Waals surface area contributed by atoms with Crippen LogP contribution in [0.2, 0.25) is 5.02 Å². The van der Waals surface area contributed by atoms with Crippen LogP contribution in [0.3, 0.4) is 0 Å². The highest BCUT2D eigenvalue weighted by Crippen LogP contribution is 2.27. The predicted octanol–water partition coefficient (Wildman–Crippen LogP) is 2.58. The van der Waals surface area contributed by atoms with E-state index in [2.05, 4.69) is 0 Å². The minimum absolute atomic E-state index is 0. The van der Waals surface area contributed by atoms with Crippen LogP contribution in [0.5, 0.6) is 5.75 Å². The van der Waals surface area contributed by atoms with Crippen molar-refractivity contribution in [1.29, 1.82) is 0 Å². The molecular formula is C14H20Cl2N2O2. The van der Waals surface area contributed by atoms with Gasteiger partial charge in [-0.2, -0.15) is 0 Å². The monoisotopic (exact) mass is 318 g/mol. The third-order valence-electron chi connectivity index (χ3n) is 3.65. The maximum Gasteiger partial charge on any atom is 0.257 e. The average molecular weight is 319 g/mol. The quantitative estimate of drug-likeness (QED) is 0.932. The molecule has 6 heteroatoms. The summed E-state index contributed by atoms with van der Waals surface area (Å²) in [6, 6.07) is 5.20. The maximum atomic E-state index is 12.5. The zero-order valence-electron chi connectivity index (χ0n) is 11.6. The van der Waals surface area contributed by atoms with E-state index in [4.69, 9.17) is 22.1 Å². The number of nitrogens with zero attached hydrogens (tertiary/aromatic N) is 1. The number of amides is 1. The zero-order chi connectivity index (χ0) is 14.0. The summed E-state index contributed by atoms with van der Waals surface area (Å²) >= 11 is 5.96.